The van der Waals surface area contributed by atoms with E-state index in [1.54, 1.807) is 29.6 Å². The van der Waals surface area contributed by atoms with Gasteiger partial charge >= 0.3 is 5.97 Å². The quantitative estimate of drug-likeness (QED) is 0.734. The molecule has 0 aliphatic heterocycles. The summed E-state index contributed by atoms with van der Waals surface area (Å²) in [4.78, 5) is 11.8. The van der Waals surface area contributed by atoms with Crippen LogP contribution in [0.5, 0.6) is 0 Å². The SMILES string of the molecule is CCOC(CCSc1cnn(C)c1)C(=O)O. The Labute approximate surface area is 98.8 Å². The molecule has 0 fully saturated rings. The van der Waals surface area contributed by atoms with Gasteiger partial charge in [-0.05, 0) is 13.3 Å². The van der Waals surface area contributed by atoms with Gasteiger partial charge in [0, 0.05) is 30.5 Å². The maximum Gasteiger partial charge on any atom is 0.332 e. The Bertz CT molecular complexity index is 341. The lowest BCUT2D eigenvalue weighted by molar-refractivity contribution is -0.150. The Morgan fingerprint density at radius 2 is 2.50 bits per heavy atom. The molecular formula is C10H16N2O3S. The normalized spacial score (nSPS) is 12.6. The van der Waals surface area contributed by atoms with Crippen LogP contribution in [-0.4, -0.2) is 39.3 Å². The molecule has 1 N–H and O–H groups in total. The second-order valence-electron chi connectivity index (χ2n) is 3.27. The molecule has 1 aromatic rings. The zero-order chi connectivity index (χ0) is 12.0. The first-order valence-electron chi connectivity index (χ1n) is 5.09. The van der Waals surface area contributed by atoms with Gasteiger partial charge in [-0.25, -0.2) is 4.79 Å². The number of carbonyl (C=O) groups is 1. The van der Waals surface area contributed by atoms with Gasteiger partial charge in [0.1, 0.15) is 0 Å². The van der Waals surface area contributed by atoms with Crippen LogP contribution >= 0.6 is 11.8 Å². The number of rotatable bonds is 7. The third-order valence-electron chi connectivity index (χ3n) is 1.97. The van der Waals surface area contributed by atoms with Gasteiger partial charge in [0.05, 0.1) is 6.20 Å². The Hall–Kier alpha value is -1.01. The summed E-state index contributed by atoms with van der Waals surface area (Å²) < 4.78 is 6.83. The van der Waals surface area contributed by atoms with Crippen molar-refractivity contribution in [2.24, 2.45) is 7.05 Å². The number of aromatic nitrogens is 2. The summed E-state index contributed by atoms with van der Waals surface area (Å²) in [5.41, 5.74) is 0. The molecule has 0 saturated heterocycles. The van der Waals surface area contributed by atoms with E-state index >= 15 is 0 Å². The molecule has 1 rings (SSSR count). The van der Waals surface area contributed by atoms with E-state index in [1.807, 2.05) is 13.2 Å². The van der Waals surface area contributed by atoms with E-state index in [0.717, 1.165) is 4.90 Å². The molecule has 0 radical (unpaired) electrons. The zero-order valence-corrected chi connectivity index (χ0v) is 10.2. The summed E-state index contributed by atoms with van der Waals surface area (Å²) in [6.45, 7) is 2.22. The van der Waals surface area contributed by atoms with Crippen molar-refractivity contribution in [3.8, 4) is 0 Å². The molecule has 1 unspecified atom stereocenters. The number of nitrogens with zero attached hydrogens (tertiary/aromatic N) is 2. The van der Waals surface area contributed by atoms with E-state index in [0.29, 0.717) is 18.8 Å². The Morgan fingerprint density at radius 1 is 1.75 bits per heavy atom. The van der Waals surface area contributed by atoms with Gasteiger partial charge in [-0.3, -0.25) is 4.68 Å². The fraction of sp³-hybridized carbons (Fsp3) is 0.600. The molecule has 90 valence electrons. The molecule has 0 aromatic carbocycles. The number of aryl methyl sites for hydroxylation is 1. The molecular weight excluding hydrogens is 228 g/mol. The van der Waals surface area contributed by atoms with Gasteiger partial charge < -0.3 is 9.84 Å². The summed E-state index contributed by atoms with van der Waals surface area (Å²) >= 11 is 1.59. The lowest BCUT2D eigenvalue weighted by Crippen LogP contribution is -2.24. The summed E-state index contributed by atoms with van der Waals surface area (Å²) in [7, 11) is 1.85. The first-order valence-corrected chi connectivity index (χ1v) is 6.08. The van der Waals surface area contributed by atoms with Crippen molar-refractivity contribution < 1.29 is 14.6 Å². The van der Waals surface area contributed by atoms with Crippen LogP contribution in [0.3, 0.4) is 0 Å². The minimum Gasteiger partial charge on any atom is -0.479 e. The number of ether oxygens (including phenoxy) is 1. The van der Waals surface area contributed by atoms with E-state index in [9.17, 15) is 4.79 Å². The molecule has 16 heavy (non-hydrogen) atoms. The highest BCUT2D eigenvalue weighted by Gasteiger charge is 2.16. The van der Waals surface area contributed by atoms with Gasteiger partial charge in [-0.2, -0.15) is 5.10 Å². The zero-order valence-electron chi connectivity index (χ0n) is 9.42. The first-order chi connectivity index (χ1) is 7.63. The maximum absolute atomic E-state index is 10.8. The van der Waals surface area contributed by atoms with E-state index < -0.39 is 12.1 Å². The number of carboxylic acid groups (broad SMARTS) is 1. The van der Waals surface area contributed by atoms with Gasteiger partial charge in [-0.1, -0.05) is 0 Å². The Balaban J connectivity index is 2.30. The fourth-order valence-electron chi connectivity index (χ4n) is 1.24. The van der Waals surface area contributed by atoms with Crippen LogP contribution in [0.25, 0.3) is 0 Å². The van der Waals surface area contributed by atoms with Crippen LogP contribution in [0, 0.1) is 0 Å². The number of hydrogen-bond acceptors (Lipinski definition) is 4. The van der Waals surface area contributed by atoms with E-state index in [1.165, 1.54) is 0 Å². The van der Waals surface area contributed by atoms with Crippen LogP contribution in [0.4, 0.5) is 0 Å². The molecule has 1 atom stereocenters. The summed E-state index contributed by atoms with van der Waals surface area (Å²) in [6, 6.07) is 0. The van der Waals surface area contributed by atoms with Crippen LogP contribution in [0.1, 0.15) is 13.3 Å². The van der Waals surface area contributed by atoms with Crippen molar-refractivity contribution in [1.29, 1.82) is 0 Å². The first kappa shape index (κ1) is 13.1. The third-order valence-corrected chi connectivity index (χ3v) is 2.96. The molecule has 1 aromatic heterocycles. The van der Waals surface area contributed by atoms with Crippen molar-refractivity contribution in [3.05, 3.63) is 12.4 Å². The van der Waals surface area contributed by atoms with Gasteiger partial charge in [-0.15, -0.1) is 11.8 Å². The average Bonchev–Trinajstić information content (AvgIpc) is 2.63. The second-order valence-corrected chi connectivity index (χ2v) is 4.44. The van der Waals surface area contributed by atoms with Crippen LogP contribution < -0.4 is 0 Å². The van der Waals surface area contributed by atoms with E-state index in [4.69, 9.17) is 9.84 Å². The molecule has 0 amide bonds. The summed E-state index contributed by atoms with van der Waals surface area (Å²) in [6.07, 6.45) is 3.47. The average molecular weight is 244 g/mol. The van der Waals surface area contributed by atoms with Gasteiger partial charge in [0.15, 0.2) is 6.10 Å². The Kier molecular flexibility index (Phi) is 5.34. The predicted molar refractivity (Wildman–Crippen MR) is 61.6 cm³/mol. The second kappa shape index (κ2) is 6.55. The van der Waals surface area contributed by atoms with E-state index in [2.05, 4.69) is 5.10 Å². The number of carboxylic acids is 1. The van der Waals surface area contributed by atoms with Crippen molar-refractivity contribution >= 4 is 17.7 Å². The number of hydrogen-bond donors (Lipinski definition) is 1. The topological polar surface area (TPSA) is 64.4 Å². The standard InChI is InChI=1S/C10H16N2O3S/c1-3-15-9(10(13)14)4-5-16-8-6-11-12(2)7-8/h6-7,9H,3-5H2,1-2H3,(H,13,14). The van der Waals surface area contributed by atoms with Gasteiger partial charge in [0.25, 0.3) is 0 Å². The van der Waals surface area contributed by atoms with E-state index in [-0.39, 0.29) is 0 Å². The fourth-order valence-corrected chi connectivity index (χ4v) is 2.15. The summed E-state index contributed by atoms with van der Waals surface area (Å²) in [5, 5.41) is 12.9. The molecule has 1 heterocycles. The minimum absolute atomic E-state index is 0.425. The lowest BCUT2D eigenvalue weighted by atomic mass is 10.3. The molecule has 0 spiro atoms. The molecule has 0 aliphatic rings. The highest BCUT2D eigenvalue weighted by atomic mass is 32.2. The van der Waals surface area contributed by atoms with Crippen molar-refractivity contribution in [2.75, 3.05) is 12.4 Å². The molecule has 6 heteroatoms. The predicted octanol–water partition coefficient (Wildman–Crippen LogP) is 1.39. The number of aliphatic carboxylic acids is 1. The third kappa shape index (κ3) is 4.24. The summed E-state index contributed by atoms with van der Waals surface area (Å²) in [5.74, 6) is -0.184. The number of thioether (sulfide) groups is 1. The molecule has 5 nitrogen and oxygen atoms in total. The molecule has 0 aliphatic carbocycles. The highest BCUT2D eigenvalue weighted by Crippen LogP contribution is 2.18. The Morgan fingerprint density at radius 3 is 3.00 bits per heavy atom. The smallest absolute Gasteiger partial charge is 0.332 e. The monoisotopic (exact) mass is 244 g/mol. The van der Waals surface area contributed by atoms with Crippen molar-refractivity contribution in [1.82, 2.24) is 9.78 Å². The minimum atomic E-state index is -0.895. The van der Waals surface area contributed by atoms with Crippen LogP contribution in [-0.2, 0) is 16.6 Å². The van der Waals surface area contributed by atoms with Crippen LogP contribution in [0.15, 0.2) is 17.3 Å². The maximum atomic E-state index is 10.8. The largest absolute Gasteiger partial charge is 0.479 e. The van der Waals surface area contributed by atoms with Gasteiger partial charge in [0.2, 0.25) is 0 Å². The lowest BCUT2D eigenvalue weighted by Gasteiger charge is -2.11. The molecule has 0 saturated carbocycles. The highest BCUT2D eigenvalue weighted by molar-refractivity contribution is 7.99. The van der Waals surface area contributed by atoms with Crippen LogP contribution in [0.2, 0.25) is 0 Å². The van der Waals surface area contributed by atoms with Crippen molar-refractivity contribution in [2.45, 2.75) is 24.3 Å². The molecule has 0 bridgehead atoms. The van der Waals surface area contributed by atoms with Crippen molar-refractivity contribution in [3.63, 3.8) is 0 Å².